The van der Waals surface area contributed by atoms with Crippen molar-refractivity contribution in [1.82, 2.24) is 5.32 Å². The van der Waals surface area contributed by atoms with Crippen LogP contribution in [0.2, 0.25) is 0 Å². The van der Waals surface area contributed by atoms with Crippen LogP contribution in [0.15, 0.2) is 46.9 Å². The number of hydrogen-bond acceptors (Lipinski definition) is 4. The maximum Gasteiger partial charge on any atom is 0.416 e. The van der Waals surface area contributed by atoms with Crippen molar-refractivity contribution in [3.8, 4) is 5.75 Å². The van der Waals surface area contributed by atoms with E-state index in [9.17, 15) is 27.9 Å². The highest BCUT2D eigenvalue weighted by molar-refractivity contribution is 9.10. The smallest absolute Gasteiger partial charge is 0.416 e. The number of halogens is 4. The summed E-state index contributed by atoms with van der Waals surface area (Å²) in [6, 6.07) is 9.07. The van der Waals surface area contributed by atoms with Gasteiger partial charge in [-0.05, 0) is 60.0 Å². The number of carboxylic acid groups (broad SMARTS) is 1. The fourth-order valence-corrected chi connectivity index (χ4v) is 3.34. The van der Waals surface area contributed by atoms with Crippen molar-refractivity contribution in [2.45, 2.75) is 51.6 Å². The minimum Gasteiger partial charge on any atom is -0.487 e. The maximum absolute atomic E-state index is 13.4. The molecule has 2 aromatic carbocycles. The zero-order chi connectivity index (χ0) is 24.1. The van der Waals surface area contributed by atoms with E-state index in [0.29, 0.717) is 0 Å². The largest absolute Gasteiger partial charge is 0.487 e. The fraction of sp³-hybridized carbons (Fsp3) is 0.364. The molecule has 0 spiro atoms. The fourth-order valence-electron chi connectivity index (χ4n) is 2.73. The number of carboxylic acids is 1. The predicted octanol–water partition coefficient (Wildman–Crippen LogP) is 5.57. The summed E-state index contributed by atoms with van der Waals surface area (Å²) in [5.41, 5.74) is -1.12. The molecule has 1 amide bonds. The monoisotopic (exact) mass is 517 g/mol. The second-order valence-corrected chi connectivity index (χ2v) is 8.81. The Labute approximate surface area is 191 Å². The molecular weight excluding hydrogens is 495 g/mol. The number of carbonyl (C=O) groups excluding carboxylic acids is 1. The molecule has 0 aliphatic rings. The molecule has 0 fully saturated rings. The number of ether oxygens (including phenoxy) is 2. The van der Waals surface area contributed by atoms with Gasteiger partial charge in [-0.3, -0.25) is 0 Å². The van der Waals surface area contributed by atoms with Gasteiger partial charge in [-0.15, -0.1) is 0 Å². The Bertz CT molecular complexity index is 959. The van der Waals surface area contributed by atoms with Crippen molar-refractivity contribution in [2.24, 2.45) is 0 Å². The summed E-state index contributed by atoms with van der Waals surface area (Å²) in [5, 5.41) is 11.7. The van der Waals surface area contributed by atoms with Crippen LogP contribution in [0.4, 0.5) is 18.0 Å². The van der Waals surface area contributed by atoms with Gasteiger partial charge in [-0.2, -0.15) is 13.2 Å². The Kier molecular flexibility index (Phi) is 8.17. The first-order valence-electron chi connectivity index (χ1n) is 9.55. The molecule has 0 bridgehead atoms. The molecule has 0 aromatic heterocycles. The zero-order valence-corrected chi connectivity index (χ0v) is 19.2. The van der Waals surface area contributed by atoms with Crippen LogP contribution in [0.5, 0.6) is 5.75 Å². The van der Waals surface area contributed by atoms with E-state index in [1.54, 1.807) is 45.0 Å². The highest BCUT2D eigenvalue weighted by Gasteiger charge is 2.33. The Hall–Kier alpha value is -2.75. The Morgan fingerprint density at radius 1 is 1.12 bits per heavy atom. The lowest BCUT2D eigenvalue weighted by Gasteiger charge is -2.23. The van der Waals surface area contributed by atoms with Crippen LogP contribution in [0, 0.1) is 0 Å². The third-order valence-corrected chi connectivity index (χ3v) is 4.68. The van der Waals surface area contributed by atoms with E-state index < -0.39 is 41.9 Å². The first-order valence-corrected chi connectivity index (χ1v) is 10.3. The summed E-state index contributed by atoms with van der Waals surface area (Å²) in [5.74, 6) is -1.38. The van der Waals surface area contributed by atoms with Crippen molar-refractivity contribution < 1.29 is 37.3 Å². The number of aliphatic carboxylic acids is 1. The van der Waals surface area contributed by atoms with Crippen LogP contribution in [-0.2, 0) is 28.7 Å². The molecule has 32 heavy (non-hydrogen) atoms. The summed E-state index contributed by atoms with van der Waals surface area (Å²) in [6.07, 6.45) is -6.11. The minimum absolute atomic E-state index is 0.0136. The van der Waals surface area contributed by atoms with Gasteiger partial charge in [0.1, 0.15) is 24.0 Å². The number of nitrogens with one attached hydrogen (secondary N) is 1. The van der Waals surface area contributed by atoms with Crippen LogP contribution >= 0.6 is 15.9 Å². The van der Waals surface area contributed by atoms with Crippen LogP contribution in [0.3, 0.4) is 0 Å². The lowest BCUT2D eigenvalue weighted by atomic mass is 10.0. The van der Waals surface area contributed by atoms with E-state index in [-0.39, 0.29) is 22.4 Å². The van der Waals surface area contributed by atoms with Gasteiger partial charge in [0.25, 0.3) is 0 Å². The molecule has 0 radical (unpaired) electrons. The molecule has 0 aliphatic heterocycles. The maximum atomic E-state index is 13.4. The average Bonchev–Trinajstić information content (AvgIpc) is 2.65. The lowest BCUT2D eigenvalue weighted by molar-refractivity contribution is -0.139. The Morgan fingerprint density at radius 2 is 1.75 bits per heavy atom. The van der Waals surface area contributed by atoms with Gasteiger partial charge in [-0.1, -0.05) is 30.3 Å². The number of carbonyl (C=O) groups is 2. The van der Waals surface area contributed by atoms with Crippen LogP contribution in [-0.4, -0.2) is 28.8 Å². The molecule has 1 atom stereocenters. The number of amides is 1. The summed E-state index contributed by atoms with van der Waals surface area (Å²) >= 11 is 3.10. The van der Waals surface area contributed by atoms with Crippen LogP contribution in [0.25, 0.3) is 0 Å². The number of rotatable bonds is 7. The number of hydrogen-bond donors (Lipinski definition) is 2. The van der Waals surface area contributed by atoms with E-state index in [4.69, 9.17) is 9.47 Å². The molecule has 10 heteroatoms. The number of alkyl carbamates (subject to hydrolysis) is 1. The summed E-state index contributed by atoms with van der Waals surface area (Å²) in [6.45, 7) is 4.85. The second kappa shape index (κ2) is 10.2. The van der Waals surface area contributed by atoms with Gasteiger partial charge in [0.05, 0.1) is 10.0 Å². The topological polar surface area (TPSA) is 84.9 Å². The van der Waals surface area contributed by atoms with Crippen molar-refractivity contribution in [2.75, 3.05) is 0 Å². The van der Waals surface area contributed by atoms with Gasteiger partial charge in [0.15, 0.2) is 0 Å². The molecule has 2 rings (SSSR count). The number of alkyl halides is 3. The molecular formula is C22H23BrF3NO5. The van der Waals surface area contributed by atoms with E-state index in [1.807, 2.05) is 6.07 Å². The third kappa shape index (κ3) is 7.74. The Morgan fingerprint density at radius 3 is 2.28 bits per heavy atom. The van der Waals surface area contributed by atoms with Gasteiger partial charge in [0, 0.05) is 6.42 Å². The average molecular weight is 518 g/mol. The van der Waals surface area contributed by atoms with E-state index in [2.05, 4.69) is 21.2 Å². The minimum atomic E-state index is -4.66. The van der Waals surface area contributed by atoms with Gasteiger partial charge >= 0.3 is 18.2 Å². The first kappa shape index (κ1) is 25.5. The van der Waals surface area contributed by atoms with E-state index >= 15 is 0 Å². The normalized spacial score (nSPS) is 12.7. The molecule has 0 unspecified atom stereocenters. The van der Waals surface area contributed by atoms with Crippen molar-refractivity contribution >= 4 is 28.0 Å². The number of benzene rings is 2. The molecule has 0 heterocycles. The van der Waals surface area contributed by atoms with E-state index in [1.165, 1.54) is 0 Å². The van der Waals surface area contributed by atoms with Crippen molar-refractivity contribution in [3.05, 3.63) is 63.6 Å². The highest BCUT2D eigenvalue weighted by Crippen LogP contribution is 2.38. The van der Waals surface area contributed by atoms with Crippen LogP contribution in [0.1, 0.15) is 37.5 Å². The molecule has 2 N–H and O–H groups in total. The predicted molar refractivity (Wildman–Crippen MR) is 114 cm³/mol. The zero-order valence-electron chi connectivity index (χ0n) is 17.6. The summed E-state index contributed by atoms with van der Waals surface area (Å²) in [4.78, 5) is 23.8. The van der Waals surface area contributed by atoms with Crippen LogP contribution < -0.4 is 10.1 Å². The molecule has 0 aliphatic carbocycles. The first-order chi connectivity index (χ1) is 14.8. The Balaban J connectivity index is 2.36. The second-order valence-electron chi connectivity index (χ2n) is 7.96. The standard InChI is InChI=1S/C22H23BrF3NO5/c1-21(2,3)32-20(30)27-17(19(28)29)10-14-9-15(22(24,25)26)11-16(23)18(14)31-12-13-7-5-4-6-8-13/h4-9,11,17H,10,12H2,1-3H3,(H,27,30)(H,28,29)/t17-/m0/s1. The molecule has 0 saturated carbocycles. The highest BCUT2D eigenvalue weighted by atomic mass is 79.9. The molecule has 0 saturated heterocycles. The quantitative estimate of drug-likeness (QED) is 0.501. The van der Waals surface area contributed by atoms with Gasteiger partial charge in [-0.25, -0.2) is 9.59 Å². The van der Waals surface area contributed by atoms with E-state index in [0.717, 1.165) is 17.7 Å². The lowest BCUT2D eigenvalue weighted by Crippen LogP contribution is -2.44. The third-order valence-electron chi connectivity index (χ3n) is 4.09. The van der Waals surface area contributed by atoms with Gasteiger partial charge < -0.3 is 19.9 Å². The molecule has 174 valence electrons. The van der Waals surface area contributed by atoms with Crippen molar-refractivity contribution in [3.63, 3.8) is 0 Å². The SMILES string of the molecule is CC(C)(C)OC(=O)N[C@@H](Cc1cc(C(F)(F)F)cc(Br)c1OCc1ccccc1)C(=O)O. The molecule has 6 nitrogen and oxygen atoms in total. The molecule has 2 aromatic rings. The van der Waals surface area contributed by atoms with Crippen molar-refractivity contribution in [1.29, 1.82) is 0 Å². The summed E-state index contributed by atoms with van der Waals surface area (Å²) in [7, 11) is 0. The van der Waals surface area contributed by atoms with Gasteiger partial charge in [0.2, 0.25) is 0 Å². The summed E-state index contributed by atoms with van der Waals surface area (Å²) < 4.78 is 50.9.